The summed E-state index contributed by atoms with van der Waals surface area (Å²) in [6.07, 6.45) is -3.65. The first-order valence-electron chi connectivity index (χ1n) is 5.09. The Morgan fingerprint density at radius 2 is 1.40 bits per heavy atom. The van der Waals surface area contributed by atoms with Gasteiger partial charge in [-0.2, -0.15) is 13.2 Å². The molecule has 0 atom stereocenters. The molecule has 0 aliphatic rings. The lowest BCUT2D eigenvalue weighted by molar-refractivity contribution is -0.141. The third-order valence-corrected chi connectivity index (χ3v) is 4.16. The summed E-state index contributed by atoms with van der Waals surface area (Å²) in [5.41, 5.74) is -0.852. The second-order valence-electron chi connectivity index (χ2n) is 3.74. The molecule has 1 heterocycles. The van der Waals surface area contributed by atoms with E-state index >= 15 is 0 Å². The first-order chi connectivity index (χ1) is 9.23. The van der Waals surface area contributed by atoms with Crippen molar-refractivity contribution in [2.45, 2.75) is 6.18 Å². The largest absolute Gasteiger partial charge is 0.434 e. The minimum absolute atomic E-state index is 0.0281. The zero-order valence-electron chi connectivity index (χ0n) is 9.40. The van der Waals surface area contributed by atoms with Crippen molar-refractivity contribution in [1.82, 2.24) is 4.98 Å². The van der Waals surface area contributed by atoms with E-state index in [1.165, 1.54) is 18.2 Å². The van der Waals surface area contributed by atoms with Crippen LogP contribution in [0.4, 0.5) is 13.2 Å². The SMILES string of the molecule is FC(F)(F)c1nccc(-c2ccc(Cl)c(Cl)c2Cl)c1Cl. The number of rotatable bonds is 1. The van der Waals surface area contributed by atoms with Gasteiger partial charge in [0.1, 0.15) is 0 Å². The molecule has 1 aromatic carbocycles. The Bertz CT molecular complexity index is 670. The highest BCUT2D eigenvalue weighted by Crippen LogP contribution is 2.43. The Kier molecular flexibility index (Phi) is 4.40. The fourth-order valence-electron chi connectivity index (χ4n) is 1.58. The summed E-state index contributed by atoms with van der Waals surface area (Å²) in [6, 6.07) is 4.19. The molecule has 20 heavy (non-hydrogen) atoms. The quantitative estimate of drug-likeness (QED) is 0.537. The van der Waals surface area contributed by atoms with Crippen molar-refractivity contribution in [3.63, 3.8) is 0 Å². The van der Waals surface area contributed by atoms with Gasteiger partial charge in [-0.15, -0.1) is 0 Å². The maximum absolute atomic E-state index is 12.8. The number of alkyl halides is 3. The van der Waals surface area contributed by atoms with Gasteiger partial charge in [0.05, 0.1) is 20.1 Å². The van der Waals surface area contributed by atoms with Crippen LogP contribution in [0.15, 0.2) is 24.4 Å². The van der Waals surface area contributed by atoms with Crippen LogP contribution in [0, 0.1) is 0 Å². The number of aromatic nitrogens is 1. The molecule has 0 radical (unpaired) electrons. The topological polar surface area (TPSA) is 12.9 Å². The Hall–Kier alpha value is -0.680. The van der Waals surface area contributed by atoms with Crippen molar-refractivity contribution >= 4 is 46.4 Å². The van der Waals surface area contributed by atoms with Crippen molar-refractivity contribution in [2.75, 3.05) is 0 Å². The Labute approximate surface area is 132 Å². The van der Waals surface area contributed by atoms with Gasteiger partial charge in [0.2, 0.25) is 0 Å². The van der Waals surface area contributed by atoms with Crippen LogP contribution in [0.25, 0.3) is 11.1 Å². The second-order valence-corrected chi connectivity index (χ2v) is 5.28. The van der Waals surface area contributed by atoms with E-state index in [1.54, 1.807) is 0 Å². The highest BCUT2D eigenvalue weighted by Gasteiger charge is 2.36. The fraction of sp³-hybridized carbons (Fsp3) is 0.0833. The third kappa shape index (κ3) is 2.84. The third-order valence-electron chi connectivity index (χ3n) is 2.48. The van der Waals surface area contributed by atoms with E-state index in [0.29, 0.717) is 0 Å². The molecule has 0 saturated carbocycles. The zero-order valence-corrected chi connectivity index (χ0v) is 12.4. The lowest BCUT2D eigenvalue weighted by atomic mass is 10.1. The predicted octanol–water partition coefficient (Wildman–Crippen LogP) is 6.38. The van der Waals surface area contributed by atoms with Crippen molar-refractivity contribution in [3.05, 3.63) is 50.2 Å². The molecule has 0 aliphatic carbocycles. The van der Waals surface area contributed by atoms with Gasteiger partial charge in [-0.3, -0.25) is 4.98 Å². The van der Waals surface area contributed by atoms with Crippen LogP contribution in [0.3, 0.4) is 0 Å². The van der Waals surface area contributed by atoms with Crippen molar-refractivity contribution in [2.24, 2.45) is 0 Å². The summed E-state index contributed by atoms with van der Waals surface area (Å²) < 4.78 is 38.3. The van der Waals surface area contributed by atoms with Crippen LogP contribution < -0.4 is 0 Å². The maximum Gasteiger partial charge on any atom is 0.434 e. The van der Waals surface area contributed by atoms with Gasteiger partial charge in [0, 0.05) is 17.3 Å². The summed E-state index contributed by atoms with van der Waals surface area (Å²) in [6.45, 7) is 0. The molecule has 0 saturated heterocycles. The Morgan fingerprint density at radius 3 is 2.00 bits per heavy atom. The molecule has 8 heteroatoms. The highest BCUT2D eigenvalue weighted by atomic mass is 35.5. The first-order valence-corrected chi connectivity index (χ1v) is 6.60. The number of benzene rings is 1. The molecule has 2 aromatic rings. The number of hydrogen-bond acceptors (Lipinski definition) is 1. The number of hydrogen-bond donors (Lipinski definition) is 0. The van der Waals surface area contributed by atoms with Gasteiger partial charge >= 0.3 is 6.18 Å². The number of pyridine rings is 1. The van der Waals surface area contributed by atoms with Crippen LogP contribution >= 0.6 is 46.4 Å². The average molecular weight is 361 g/mol. The smallest absolute Gasteiger partial charge is 0.250 e. The molecule has 0 spiro atoms. The average Bonchev–Trinajstić information content (AvgIpc) is 2.36. The summed E-state index contributed by atoms with van der Waals surface area (Å²) in [4.78, 5) is 3.25. The predicted molar refractivity (Wildman–Crippen MR) is 74.7 cm³/mol. The Balaban J connectivity index is 2.69. The van der Waals surface area contributed by atoms with E-state index in [4.69, 9.17) is 46.4 Å². The molecular weight excluding hydrogens is 357 g/mol. The number of nitrogens with zero attached hydrogens (tertiary/aromatic N) is 1. The van der Waals surface area contributed by atoms with Gasteiger partial charge in [0.25, 0.3) is 0 Å². The van der Waals surface area contributed by atoms with E-state index in [9.17, 15) is 13.2 Å². The molecule has 106 valence electrons. The lowest BCUT2D eigenvalue weighted by Crippen LogP contribution is -2.09. The summed E-state index contributed by atoms with van der Waals surface area (Å²) in [5, 5.41) is -0.269. The molecule has 0 aliphatic heterocycles. The minimum Gasteiger partial charge on any atom is -0.250 e. The summed E-state index contributed by atoms with van der Waals surface area (Å²) in [5.74, 6) is 0. The van der Waals surface area contributed by atoms with E-state index in [-0.39, 0.29) is 26.2 Å². The number of halogens is 7. The normalized spacial score (nSPS) is 11.8. The van der Waals surface area contributed by atoms with Crippen LogP contribution in [-0.2, 0) is 6.18 Å². The zero-order chi connectivity index (χ0) is 15.1. The van der Waals surface area contributed by atoms with E-state index in [0.717, 1.165) is 6.20 Å². The molecule has 0 unspecified atom stereocenters. The molecule has 0 N–H and O–H groups in total. The van der Waals surface area contributed by atoms with Gasteiger partial charge in [0.15, 0.2) is 5.69 Å². The van der Waals surface area contributed by atoms with Crippen LogP contribution in [-0.4, -0.2) is 4.98 Å². The molecule has 0 bridgehead atoms. The minimum atomic E-state index is -4.66. The molecule has 1 nitrogen and oxygen atoms in total. The van der Waals surface area contributed by atoms with Crippen LogP contribution in [0.5, 0.6) is 0 Å². The molecule has 0 fully saturated rings. The van der Waals surface area contributed by atoms with Crippen molar-refractivity contribution < 1.29 is 13.2 Å². The molecule has 2 rings (SSSR count). The van der Waals surface area contributed by atoms with Crippen molar-refractivity contribution in [3.8, 4) is 11.1 Å². The first kappa shape index (κ1) is 15.7. The van der Waals surface area contributed by atoms with Crippen LogP contribution in [0.1, 0.15) is 5.69 Å². The Morgan fingerprint density at radius 1 is 0.800 bits per heavy atom. The highest BCUT2D eigenvalue weighted by molar-refractivity contribution is 6.49. The molecular formula is C12H4Cl4F3N. The summed E-state index contributed by atoms with van der Waals surface area (Å²) >= 11 is 23.4. The van der Waals surface area contributed by atoms with Gasteiger partial charge in [-0.05, 0) is 12.1 Å². The monoisotopic (exact) mass is 359 g/mol. The fourth-order valence-corrected chi connectivity index (χ4v) is 2.54. The van der Waals surface area contributed by atoms with Gasteiger partial charge < -0.3 is 0 Å². The maximum atomic E-state index is 12.8. The van der Waals surface area contributed by atoms with Crippen molar-refractivity contribution in [1.29, 1.82) is 0 Å². The van der Waals surface area contributed by atoms with Gasteiger partial charge in [-0.25, -0.2) is 0 Å². The van der Waals surface area contributed by atoms with E-state index < -0.39 is 16.9 Å². The molecule has 1 aromatic heterocycles. The van der Waals surface area contributed by atoms with Gasteiger partial charge in [-0.1, -0.05) is 52.5 Å². The standard InChI is InChI=1S/C12H4Cl4F3N/c13-7-2-1-5(8(14)10(7)16)6-3-4-20-11(9(6)15)12(17,18)19/h1-4H. The van der Waals surface area contributed by atoms with E-state index in [1.807, 2.05) is 0 Å². The van der Waals surface area contributed by atoms with Crippen LogP contribution in [0.2, 0.25) is 20.1 Å². The second kappa shape index (κ2) is 5.60. The summed E-state index contributed by atoms with van der Waals surface area (Å²) in [7, 11) is 0. The van der Waals surface area contributed by atoms with E-state index in [2.05, 4.69) is 4.98 Å². The lowest BCUT2D eigenvalue weighted by Gasteiger charge is -2.13. The molecule has 0 amide bonds.